The summed E-state index contributed by atoms with van der Waals surface area (Å²) < 4.78 is 40.4. The highest BCUT2D eigenvalue weighted by Gasteiger charge is 2.31. The minimum Gasteiger partial charge on any atom is -0.399 e. The molecule has 1 aromatic heterocycles. The van der Waals surface area contributed by atoms with Crippen LogP contribution in [-0.4, -0.2) is 4.57 Å². The van der Waals surface area contributed by atoms with E-state index in [9.17, 15) is 13.2 Å². The fourth-order valence-electron chi connectivity index (χ4n) is 2.42. The highest BCUT2D eigenvalue weighted by molar-refractivity contribution is 5.83. The number of fused-ring (bicyclic) bond motifs is 1. The van der Waals surface area contributed by atoms with E-state index in [1.807, 2.05) is 31.2 Å². The van der Waals surface area contributed by atoms with Crippen molar-refractivity contribution in [1.82, 2.24) is 4.57 Å². The average Bonchev–Trinajstić information content (AvgIpc) is 2.79. The van der Waals surface area contributed by atoms with E-state index in [-0.39, 0.29) is 5.69 Å². The second-order valence-electron chi connectivity index (χ2n) is 5.06. The van der Waals surface area contributed by atoms with Gasteiger partial charge < -0.3 is 10.3 Å². The van der Waals surface area contributed by atoms with Crippen LogP contribution in [0.25, 0.3) is 16.6 Å². The number of benzene rings is 2. The van der Waals surface area contributed by atoms with Gasteiger partial charge in [0.2, 0.25) is 0 Å². The zero-order chi connectivity index (χ0) is 15.2. The molecule has 0 saturated heterocycles. The summed E-state index contributed by atoms with van der Waals surface area (Å²) in [6.07, 6.45) is -2.66. The lowest BCUT2D eigenvalue weighted by Gasteiger charge is -2.12. The highest BCUT2D eigenvalue weighted by atomic mass is 19.4. The molecule has 0 bridgehead atoms. The van der Waals surface area contributed by atoms with Crippen molar-refractivity contribution in [3.05, 3.63) is 59.8 Å². The van der Waals surface area contributed by atoms with Crippen molar-refractivity contribution in [3.63, 3.8) is 0 Å². The Hall–Kier alpha value is -2.43. The molecule has 3 rings (SSSR count). The number of aromatic nitrogens is 1. The third kappa shape index (κ3) is 2.46. The molecule has 5 heteroatoms. The lowest BCUT2D eigenvalue weighted by atomic mass is 10.1. The predicted molar refractivity (Wildman–Crippen MR) is 77.4 cm³/mol. The van der Waals surface area contributed by atoms with Crippen molar-refractivity contribution in [2.45, 2.75) is 13.1 Å². The molecule has 0 aliphatic rings. The Kier molecular flexibility index (Phi) is 2.93. The molecule has 108 valence electrons. The Balaban J connectivity index is 2.21. The molecular formula is C16H13F3N2. The van der Waals surface area contributed by atoms with Crippen LogP contribution in [0.2, 0.25) is 0 Å². The highest BCUT2D eigenvalue weighted by Crippen LogP contribution is 2.33. The van der Waals surface area contributed by atoms with Crippen molar-refractivity contribution in [1.29, 1.82) is 0 Å². The first-order valence-corrected chi connectivity index (χ1v) is 6.40. The monoisotopic (exact) mass is 290 g/mol. The van der Waals surface area contributed by atoms with Gasteiger partial charge in [-0.05, 0) is 43.3 Å². The Morgan fingerprint density at radius 1 is 1.00 bits per heavy atom. The number of nitrogen functional groups attached to an aromatic ring is 1. The fourth-order valence-corrected chi connectivity index (χ4v) is 2.42. The van der Waals surface area contributed by atoms with Crippen molar-refractivity contribution >= 4 is 16.6 Å². The summed E-state index contributed by atoms with van der Waals surface area (Å²) >= 11 is 0. The van der Waals surface area contributed by atoms with Crippen molar-refractivity contribution < 1.29 is 13.2 Å². The Bertz CT molecular complexity index is 816. The predicted octanol–water partition coefficient (Wildman–Crippen LogP) is 4.54. The van der Waals surface area contributed by atoms with Crippen LogP contribution in [0, 0.1) is 6.92 Å². The molecule has 1 heterocycles. The van der Waals surface area contributed by atoms with Gasteiger partial charge in [0.05, 0.1) is 11.1 Å². The van der Waals surface area contributed by atoms with Crippen LogP contribution in [0.3, 0.4) is 0 Å². The minimum atomic E-state index is -4.41. The maximum Gasteiger partial charge on any atom is 0.416 e. The van der Waals surface area contributed by atoms with Gasteiger partial charge in [-0.2, -0.15) is 13.2 Å². The first kappa shape index (κ1) is 13.5. The Morgan fingerprint density at radius 3 is 2.48 bits per heavy atom. The van der Waals surface area contributed by atoms with Gasteiger partial charge in [0, 0.05) is 23.0 Å². The average molecular weight is 290 g/mol. The summed E-state index contributed by atoms with van der Waals surface area (Å²) in [6, 6.07) is 11.3. The quantitative estimate of drug-likeness (QED) is 0.655. The standard InChI is InChI=1S/C16H13F3N2/c1-10-2-3-15-11(6-10)4-5-21(15)14-8-12(16(17,18)19)7-13(20)9-14/h2-9H,20H2,1H3. The maximum absolute atomic E-state index is 12.9. The number of nitrogens with zero attached hydrogens (tertiary/aromatic N) is 1. The summed E-state index contributed by atoms with van der Waals surface area (Å²) in [6.45, 7) is 1.97. The lowest BCUT2D eigenvalue weighted by Crippen LogP contribution is -2.07. The largest absolute Gasteiger partial charge is 0.416 e. The van der Waals surface area contributed by atoms with E-state index in [0.717, 1.165) is 28.6 Å². The van der Waals surface area contributed by atoms with Gasteiger partial charge in [-0.15, -0.1) is 0 Å². The first-order chi connectivity index (χ1) is 9.84. The maximum atomic E-state index is 12.9. The van der Waals surface area contributed by atoms with Crippen LogP contribution in [0.15, 0.2) is 48.7 Å². The molecule has 0 unspecified atom stereocenters. The van der Waals surface area contributed by atoms with E-state index in [1.165, 1.54) is 6.07 Å². The number of alkyl halides is 3. The summed E-state index contributed by atoms with van der Waals surface area (Å²) in [7, 11) is 0. The summed E-state index contributed by atoms with van der Waals surface area (Å²) in [5.41, 5.74) is 7.32. The van der Waals surface area contributed by atoms with E-state index >= 15 is 0 Å². The molecule has 3 aromatic rings. The second-order valence-corrected chi connectivity index (χ2v) is 5.06. The molecule has 0 saturated carbocycles. The number of nitrogens with two attached hydrogens (primary N) is 1. The van der Waals surface area contributed by atoms with E-state index in [2.05, 4.69) is 0 Å². The lowest BCUT2D eigenvalue weighted by molar-refractivity contribution is -0.137. The number of rotatable bonds is 1. The SMILES string of the molecule is Cc1ccc2c(ccn2-c2cc(N)cc(C(F)(F)F)c2)c1. The molecule has 0 amide bonds. The molecule has 2 N–H and O–H groups in total. The Morgan fingerprint density at radius 2 is 1.76 bits per heavy atom. The van der Waals surface area contributed by atoms with Crippen molar-refractivity contribution in [3.8, 4) is 5.69 Å². The van der Waals surface area contributed by atoms with Crippen LogP contribution in [0.4, 0.5) is 18.9 Å². The molecule has 21 heavy (non-hydrogen) atoms. The third-order valence-electron chi connectivity index (χ3n) is 3.39. The van der Waals surface area contributed by atoms with E-state index in [0.29, 0.717) is 5.69 Å². The fraction of sp³-hybridized carbons (Fsp3) is 0.125. The van der Waals surface area contributed by atoms with Crippen LogP contribution < -0.4 is 5.73 Å². The van der Waals surface area contributed by atoms with Crippen molar-refractivity contribution in [2.75, 3.05) is 5.73 Å². The topological polar surface area (TPSA) is 30.9 Å². The zero-order valence-electron chi connectivity index (χ0n) is 11.3. The minimum absolute atomic E-state index is 0.0915. The number of hydrogen-bond donors (Lipinski definition) is 1. The molecule has 0 radical (unpaired) electrons. The van der Waals surface area contributed by atoms with Crippen LogP contribution in [0.5, 0.6) is 0 Å². The van der Waals surface area contributed by atoms with Gasteiger partial charge in [-0.3, -0.25) is 0 Å². The van der Waals surface area contributed by atoms with E-state index in [1.54, 1.807) is 10.8 Å². The molecule has 2 nitrogen and oxygen atoms in total. The summed E-state index contributed by atoms with van der Waals surface area (Å²) in [4.78, 5) is 0. The molecule has 0 aliphatic carbocycles. The van der Waals surface area contributed by atoms with E-state index in [4.69, 9.17) is 5.73 Å². The van der Waals surface area contributed by atoms with Crippen molar-refractivity contribution in [2.24, 2.45) is 0 Å². The molecule has 0 atom stereocenters. The van der Waals surface area contributed by atoms with E-state index < -0.39 is 11.7 Å². The number of hydrogen-bond acceptors (Lipinski definition) is 1. The molecule has 0 spiro atoms. The van der Waals surface area contributed by atoms with Gasteiger partial charge in [-0.1, -0.05) is 11.6 Å². The normalized spacial score (nSPS) is 12.0. The molecule has 2 aromatic carbocycles. The third-order valence-corrected chi connectivity index (χ3v) is 3.39. The summed E-state index contributed by atoms with van der Waals surface area (Å²) in [5.74, 6) is 0. The summed E-state index contributed by atoms with van der Waals surface area (Å²) in [5, 5.41) is 0.978. The van der Waals surface area contributed by atoms with Gasteiger partial charge in [0.25, 0.3) is 0 Å². The van der Waals surface area contributed by atoms with Crippen LogP contribution in [0.1, 0.15) is 11.1 Å². The second kappa shape index (κ2) is 4.55. The Labute approximate surface area is 119 Å². The number of aryl methyl sites for hydroxylation is 1. The molecule has 0 fully saturated rings. The smallest absolute Gasteiger partial charge is 0.399 e. The van der Waals surface area contributed by atoms with Gasteiger partial charge in [-0.25, -0.2) is 0 Å². The number of anilines is 1. The van der Waals surface area contributed by atoms with Gasteiger partial charge >= 0.3 is 6.18 Å². The molecular weight excluding hydrogens is 277 g/mol. The molecule has 0 aliphatic heterocycles. The van der Waals surface area contributed by atoms with Gasteiger partial charge in [0.1, 0.15) is 0 Å². The number of halogens is 3. The first-order valence-electron chi connectivity index (χ1n) is 6.40. The van der Waals surface area contributed by atoms with Crippen LogP contribution in [-0.2, 0) is 6.18 Å². The van der Waals surface area contributed by atoms with Gasteiger partial charge in [0.15, 0.2) is 0 Å². The zero-order valence-corrected chi connectivity index (χ0v) is 11.3. The van der Waals surface area contributed by atoms with Crippen LogP contribution >= 0.6 is 0 Å².